The molecule has 1 atom stereocenters. The maximum absolute atomic E-state index is 5.43. The second-order valence-electron chi connectivity index (χ2n) is 14.8. The van der Waals surface area contributed by atoms with Crippen LogP contribution in [0.1, 0.15) is 22.6 Å². The van der Waals surface area contributed by atoms with Crippen molar-refractivity contribution in [1.82, 2.24) is 24.1 Å². The summed E-state index contributed by atoms with van der Waals surface area (Å²) in [6, 6.07) is 69.0. The minimum atomic E-state index is 0.0448. The zero-order valence-corrected chi connectivity index (χ0v) is 30.8. The smallest absolute Gasteiger partial charge is 0.238 e. The van der Waals surface area contributed by atoms with E-state index in [4.69, 9.17) is 15.0 Å². The molecule has 0 amide bonds. The standard InChI is InChI=1S/C52H33N5/c1-4-16-33(17-5-1)47-40-25-11-10-22-37(40)41-29-30-42-38-23-12-15-27-45(38)57(49(42)48(41)47)52-54-50(34-18-6-2-7-19-34)53-51(55-52)35-28-31-46-43(32-35)39-24-13-14-26-44(39)56(46)36-20-8-3-9-21-36/h1-32,47H. The van der Waals surface area contributed by atoms with Crippen molar-refractivity contribution in [2.45, 2.75) is 5.92 Å². The van der Waals surface area contributed by atoms with E-state index in [1.807, 2.05) is 18.2 Å². The molecule has 3 heterocycles. The summed E-state index contributed by atoms with van der Waals surface area (Å²) >= 11 is 0. The lowest BCUT2D eigenvalue weighted by atomic mass is 9.88. The summed E-state index contributed by atoms with van der Waals surface area (Å²) in [6.07, 6.45) is 0. The molecule has 8 aromatic carbocycles. The Labute approximate surface area is 328 Å². The fraction of sp³-hybridized carbons (Fsp3) is 0.0192. The van der Waals surface area contributed by atoms with Crippen LogP contribution in [0.4, 0.5) is 0 Å². The van der Waals surface area contributed by atoms with E-state index in [1.165, 1.54) is 38.6 Å². The van der Waals surface area contributed by atoms with Crippen LogP contribution in [-0.2, 0) is 0 Å². The molecule has 0 bridgehead atoms. The zero-order valence-electron chi connectivity index (χ0n) is 30.8. The van der Waals surface area contributed by atoms with Gasteiger partial charge in [0, 0.05) is 44.3 Å². The van der Waals surface area contributed by atoms with Crippen molar-refractivity contribution in [1.29, 1.82) is 0 Å². The van der Waals surface area contributed by atoms with Gasteiger partial charge in [-0.15, -0.1) is 0 Å². The van der Waals surface area contributed by atoms with E-state index >= 15 is 0 Å². The Bertz CT molecular complexity index is 3350. The Kier molecular flexibility index (Phi) is 6.92. The average Bonchev–Trinajstić information content (AvgIpc) is 3.93. The van der Waals surface area contributed by atoms with E-state index in [0.717, 1.165) is 49.7 Å². The van der Waals surface area contributed by atoms with Gasteiger partial charge in [-0.2, -0.15) is 9.97 Å². The largest absolute Gasteiger partial charge is 0.309 e. The summed E-state index contributed by atoms with van der Waals surface area (Å²) in [5.41, 5.74) is 13.8. The first-order valence-corrected chi connectivity index (χ1v) is 19.4. The van der Waals surface area contributed by atoms with Gasteiger partial charge in [0.1, 0.15) is 0 Å². The van der Waals surface area contributed by atoms with E-state index in [9.17, 15) is 0 Å². The zero-order chi connectivity index (χ0) is 37.5. The summed E-state index contributed by atoms with van der Waals surface area (Å²) in [4.78, 5) is 16.0. The molecule has 0 saturated heterocycles. The van der Waals surface area contributed by atoms with Crippen LogP contribution in [0.25, 0.3) is 89.2 Å². The lowest BCUT2D eigenvalue weighted by Crippen LogP contribution is -2.08. The summed E-state index contributed by atoms with van der Waals surface area (Å²) in [5, 5.41) is 4.67. The van der Waals surface area contributed by atoms with Crippen molar-refractivity contribution in [3.63, 3.8) is 0 Å². The van der Waals surface area contributed by atoms with Crippen LogP contribution in [-0.4, -0.2) is 24.1 Å². The van der Waals surface area contributed by atoms with Crippen LogP contribution in [0.5, 0.6) is 0 Å². The van der Waals surface area contributed by atoms with Crippen molar-refractivity contribution in [3.05, 3.63) is 211 Å². The molecule has 266 valence electrons. The summed E-state index contributed by atoms with van der Waals surface area (Å²) < 4.78 is 4.63. The van der Waals surface area contributed by atoms with Crippen LogP contribution >= 0.6 is 0 Å². The van der Waals surface area contributed by atoms with E-state index in [1.54, 1.807) is 0 Å². The van der Waals surface area contributed by atoms with Crippen LogP contribution < -0.4 is 0 Å². The molecule has 1 aliphatic carbocycles. The molecular formula is C52H33N5. The van der Waals surface area contributed by atoms with E-state index in [-0.39, 0.29) is 5.92 Å². The topological polar surface area (TPSA) is 48.5 Å². The lowest BCUT2D eigenvalue weighted by Gasteiger charge is -2.17. The first-order valence-electron chi connectivity index (χ1n) is 19.4. The fourth-order valence-electron chi connectivity index (χ4n) is 9.24. The van der Waals surface area contributed by atoms with E-state index in [0.29, 0.717) is 17.6 Å². The normalized spacial score (nSPS) is 13.4. The van der Waals surface area contributed by atoms with Crippen molar-refractivity contribution in [2.24, 2.45) is 0 Å². The molecule has 1 aliphatic rings. The number of fused-ring (bicyclic) bond motifs is 10. The number of hydrogen-bond acceptors (Lipinski definition) is 3. The SMILES string of the molecule is c1ccc(-c2nc(-c3ccc4c(c3)c3ccccc3n4-c3ccccc3)nc(-n3c4ccccc4c4ccc5c(c43)C(c3ccccc3)c3ccccc3-5)n2)cc1. The first-order chi connectivity index (χ1) is 28.3. The summed E-state index contributed by atoms with van der Waals surface area (Å²) in [5.74, 6) is 1.89. The maximum atomic E-state index is 5.43. The monoisotopic (exact) mass is 727 g/mol. The molecule has 11 aromatic rings. The van der Waals surface area contributed by atoms with Crippen LogP contribution in [0, 0.1) is 0 Å². The van der Waals surface area contributed by atoms with Gasteiger partial charge in [0.2, 0.25) is 5.95 Å². The number of rotatable bonds is 5. The fourth-order valence-corrected chi connectivity index (χ4v) is 9.24. The van der Waals surface area contributed by atoms with Gasteiger partial charge in [-0.25, -0.2) is 4.98 Å². The Morgan fingerprint density at radius 2 is 0.982 bits per heavy atom. The number of benzene rings is 8. The van der Waals surface area contributed by atoms with Gasteiger partial charge in [0.25, 0.3) is 0 Å². The Balaban J connectivity index is 1.15. The molecule has 0 saturated carbocycles. The molecular weight excluding hydrogens is 695 g/mol. The van der Waals surface area contributed by atoms with Gasteiger partial charge in [-0.1, -0.05) is 152 Å². The highest BCUT2D eigenvalue weighted by atomic mass is 15.2. The Hall–Kier alpha value is -7.63. The van der Waals surface area contributed by atoms with Gasteiger partial charge in [0.05, 0.1) is 22.1 Å². The minimum Gasteiger partial charge on any atom is -0.309 e. The minimum absolute atomic E-state index is 0.0448. The Morgan fingerprint density at radius 1 is 0.386 bits per heavy atom. The third-order valence-electron chi connectivity index (χ3n) is 11.7. The average molecular weight is 728 g/mol. The molecule has 0 N–H and O–H groups in total. The maximum Gasteiger partial charge on any atom is 0.238 e. The first kappa shape index (κ1) is 31.7. The van der Waals surface area contributed by atoms with Crippen LogP contribution in [0.2, 0.25) is 0 Å². The number of aromatic nitrogens is 5. The molecule has 57 heavy (non-hydrogen) atoms. The van der Waals surface area contributed by atoms with Gasteiger partial charge in [0.15, 0.2) is 11.6 Å². The molecule has 0 fully saturated rings. The predicted octanol–water partition coefficient (Wildman–Crippen LogP) is 12.6. The highest BCUT2D eigenvalue weighted by Crippen LogP contribution is 2.52. The van der Waals surface area contributed by atoms with Gasteiger partial charge >= 0.3 is 0 Å². The van der Waals surface area contributed by atoms with Gasteiger partial charge in [-0.05, 0) is 70.3 Å². The lowest BCUT2D eigenvalue weighted by molar-refractivity contribution is 0.941. The van der Waals surface area contributed by atoms with E-state index < -0.39 is 0 Å². The third kappa shape index (κ3) is 4.79. The van der Waals surface area contributed by atoms with Crippen molar-refractivity contribution in [3.8, 4) is 45.5 Å². The van der Waals surface area contributed by atoms with Crippen molar-refractivity contribution >= 4 is 43.6 Å². The Morgan fingerprint density at radius 3 is 1.75 bits per heavy atom. The third-order valence-corrected chi connectivity index (χ3v) is 11.7. The van der Waals surface area contributed by atoms with Crippen molar-refractivity contribution in [2.75, 3.05) is 0 Å². The second-order valence-corrected chi connectivity index (χ2v) is 14.8. The highest BCUT2D eigenvalue weighted by Gasteiger charge is 2.34. The quantitative estimate of drug-likeness (QED) is 0.177. The summed E-state index contributed by atoms with van der Waals surface area (Å²) in [6.45, 7) is 0. The van der Waals surface area contributed by atoms with Gasteiger partial charge < -0.3 is 4.57 Å². The molecule has 3 aromatic heterocycles. The van der Waals surface area contributed by atoms with Crippen molar-refractivity contribution < 1.29 is 0 Å². The molecule has 5 nitrogen and oxygen atoms in total. The highest BCUT2D eigenvalue weighted by molar-refractivity contribution is 6.13. The van der Waals surface area contributed by atoms with Crippen LogP contribution in [0.3, 0.4) is 0 Å². The predicted molar refractivity (Wildman–Crippen MR) is 232 cm³/mol. The molecule has 1 unspecified atom stereocenters. The molecule has 5 heteroatoms. The number of para-hydroxylation sites is 3. The van der Waals surface area contributed by atoms with Gasteiger partial charge in [-0.3, -0.25) is 4.57 Å². The number of nitrogens with zero attached hydrogens (tertiary/aromatic N) is 5. The number of hydrogen-bond donors (Lipinski definition) is 0. The van der Waals surface area contributed by atoms with Crippen LogP contribution in [0.15, 0.2) is 194 Å². The molecule has 12 rings (SSSR count). The summed E-state index contributed by atoms with van der Waals surface area (Å²) in [7, 11) is 0. The van der Waals surface area contributed by atoms with E-state index in [2.05, 4.69) is 185 Å². The second kappa shape index (κ2) is 12.4. The molecule has 0 radical (unpaired) electrons. The molecule has 0 spiro atoms. The molecule has 0 aliphatic heterocycles.